The number of hydrogen-bond acceptors (Lipinski definition) is 3. The highest BCUT2D eigenvalue weighted by Gasteiger charge is 2.14. The molecule has 3 N–H and O–H groups in total. The lowest BCUT2D eigenvalue weighted by Crippen LogP contribution is -2.36. The molecule has 6 heteroatoms. The van der Waals surface area contributed by atoms with Crippen molar-refractivity contribution >= 4 is 22.9 Å². The summed E-state index contributed by atoms with van der Waals surface area (Å²) in [6.07, 6.45) is 0. The summed E-state index contributed by atoms with van der Waals surface area (Å²) >= 11 is 0. The molecule has 0 saturated carbocycles. The number of carbonyl (C=O) groups excluding carboxylic acids is 2. The Hall–Kier alpha value is -3.28. The molecule has 1 unspecified atom stereocenters. The molecule has 134 valence electrons. The summed E-state index contributed by atoms with van der Waals surface area (Å²) in [7, 11) is 1.58. The zero-order chi connectivity index (χ0) is 18.5. The molecule has 0 aliphatic rings. The normalized spacial score (nSPS) is 11.8. The Morgan fingerprint density at radius 3 is 2.65 bits per heavy atom. The second-order valence-electron chi connectivity index (χ2n) is 6.01. The summed E-state index contributed by atoms with van der Waals surface area (Å²) in [4.78, 5) is 23.8. The molecule has 2 aromatic carbocycles. The monoisotopic (exact) mass is 351 g/mol. The van der Waals surface area contributed by atoms with Crippen LogP contribution in [0.3, 0.4) is 0 Å². The molecule has 1 atom stereocenters. The van der Waals surface area contributed by atoms with Crippen LogP contribution in [0.15, 0.2) is 59.0 Å². The van der Waals surface area contributed by atoms with Crippen molar-refractivity contribution in [3.63, 3.8) is 0 Å². The minimum atomic E-state index is -0.302. The van der Waals surface area contributed by atoms with Gasteiger partial charge in [0.05, 0.1) is 6.04 Å². The van der Waals surface area contributed by atoms with Gasteiger partial charge in [-0.25, -0.2) is 4.79 Å². The Bertz CT molecular complexity index is 900. The number of hydrogen-bond donors (Lipinski definition) is 3. The molecular weight excluding hydrogens is 330 g/mol. The largest absolute Gasteiger partial charge is 0.459 e. The summed E-state index contributed by atoms with van der Waals surface area (Å²) in [5.41, 5.74) is 2.20. The van der Waals surface area contributed by atoms with Crippen LogP contribution in [0.1, 0.15) is 34.6 Å². The lowest BCUT2D eigenvalue weighted by atomic mass is 10.1. The minimum absolute atomic E-state index is 0.158. The van der Waals surface area contributed by atoms with Gasteiger partial charge in [0.2, 0.25) is 0 Å². The van der Waals surface area contributed by atoms with E-state index in [0.29, 0.717) is 17.9 Å². The zero-order valence-corrected chi connectivity index (χ0v) is 14.7. The number of rotatable bonds is 5. The van der Waals surface area contributed by atoms with Crippen LogP contribution in [0, 0.1) is 0 Å². The van der Waals surface area contributed by atoms with Crippen molar-refractivity contribution in [3.05, 3.63) is 71.5 Å². The van der Waals surface area contributed by atoms with E-state index in [4.69, 9.17) is 4.42 Å². The molecule has 0 aliphatic carbocycles. The van der Waals surface area contributed by atoms with Gasteiger partial charge in [-0.3, -0.25) is 4.79 Å². The molecule has 3 aromatic rings. The van der Waals surface area contributed by atoms with E-state index in [-0.39, 0.29) is 18.0 Å². The highest BCUT2D eigenvalue weighted by Crippen LogP contribution is 2.23. The molecule has 0 spiro atoms. The first-order valence-corrected chi connectivity index (χ1v) is 8.40. The van der Waals surface area contributed by atoms with E-state index in [9.17, 15) is 9.59 Å². The molecule has 3 amide bonds. The number of furan rings is 1. The zero-order valence-electron chi connectivity index (χ0n) is 14.7. The topological polar surface area (TPSA) is 83.4 Å². The second-order valence-corrected chi connectivity index (χ2v) is 6.01. The molecule has 1 heterocycles. The average Bonchev–Trinajstić information content (AvgIpc) is 3.10. The van der Waals surface area contributed by atoms with E-state index in [1.807, 2.05) is 43.3 Å². The third kappa shape index (κ3) is 4.03. The van der Waals surface area contributed by atoms with Gasteiger partial charge < -0.3 is 20.4 Å². The maximum absolute atomic E-state index is 12.1. The van der Waals surface area contributed by atoms with E-state index in [2.05, 4.69) is 16.0 Å². The van der Waals surface area contributed by atoms with Crippen LogP contribution in [0.5, 0.6) is 0 Å². The number of fused-ring (bicyclic) bond motifs is 1. The van der Waals surface area contributed by atoms with E-state index in [1.54, 1.807) is 25.2 Å². The molecule has 0 saturated heterocycles. The van der Waals surface area contributed by atoms with Crippen LogP contribution in [0.25, 0.3) is 11.0 Å². The van der Waals surface area contributed by atoms with Crippen molar-refractivity contribution in [1.82, 2.24) is 16.0 Å². The summed E-state index contributed by atoms with van der Waals surface area (Å²) in [6.45, 7) is 2.19. The van der Waals surface area contributed by atoms with Crippen molar-refractivity contribution in [2.45, 2.75) is 19.5 Å². The van der Waals surface area contributed by atoms with Crippen LogP contribution >= 0.6 is 0 Å². The summed E-state index contributed by atoms with van der Waals surface area (Å²) in [6, 6.07) is 16.2. The van der Waals surface area contributed by atoms with E-state index in [0.717, 1.165) is 16.5 Å². The van der Waals surface area contributed by atoms with Crippen LogP contribution < -0.4 is 16.0 Å². The molecular formula is C20H21N3O3. The first-order valence-electron chi connectivity index (χ1n) is 8.40. The van der Waals surface area contributed by atoms with Gasteiger partial charge in [0, 0.05) is 24.5 Å². The van der Waals surface area contributed by atoms with Gasteiger partial charge in [-0.05, 0) is 36.8 Å². The van der Waals surface area contributed by atoms with Gasteiger partial charge in [-0.1, -0.05) is 30.3 Å². The average molecular weight is 351 g/mol. The first kappa shape index (κ1) is 17.5. The standard InChI is InChI=1S/C20H21N3O3/c1-13(18-11-15-7-3-4-9-17(15)26-18)23-20(25)22-12-14-6-5-8-16(10-14)19(24)21-2/h3-11,13H,12H2,1-2H3,(H,21,24)(H2,22,23,25). The summed E-state index contributed by atoms with van der Waals surface area (Å²) < 4.78 is 5.76. The van der Waals surface area contributed by atoms with Gasteiger partial charge in [0.25, 0.3) is 5.91 Å². The van der Waals surface area contributed by atoms with Crippen molar-refractivity contribution in [2.24, 2.45) is 0 Å². The molecule has 1 aromatic heterocycles. The third-order valence-electron chi connectivity index (χ3n) is 4.09. The maximum Gasteiger partial charge on any atom is 0.315 e. The van der Waals surface area contributed by atoms with Gasteiger partial charge in [-0.2, -0.15) is 0 Å². The van der Waals surface area contributed by atoms with Crippen molar-refractivity contribution in [1.29, 1.82) is 0 Å². The summed E-state index contributed by atoms with van der Waals surface area (Å²) in [5, 5.41) is 9.23. The number of urea groups is 1. The molecule has 0 radical (unpaired) electrons. The number of amides is 3. The molecule has 0 aliphatic heterocycles. The Labute approximate surface area is 151 Å². The van der Waals surface area contributed by atoms with E-state index >= 15 is 0 Å². The van der Waals surface area contributed by atoms with Crippen molar-refractivity contribution < 1.29 is 14.0 Å². The number of nitrogens with one attached hydrogen (secondary N) is 3. The highest BCUT2D eigenvalue weighted by molar-refractivity contribution is 5.94. The number of carbonyl (C=O) groups is 2. The Balaban J connectivity index is 1.57. The molecule has 26 heavy (non-hydrogen) atoms. The Morgan fingerprint density at radius 2 is 1.88 bits per heavy atom. The Kier molecular flexibility index (Phi) is 5.22. The van der Waals surface area contributed by atoms with Gasteiger partial charge in [0.1, 0.15) is 11.3 Å². The number of para-hydroxylation sites is 1. The second kappa shape index (κ2) is 7.74. The fraction of sp³-hybridized carbons (Fsp3) is 0.200. The minimum Gasteiger partial charge on any atom is -0.459 e. The van der Waals surface area contributed by atoms with Crippen LogP contribution in [-0.4, -0.2) is 19.0 Å². The van der Waals surface area contributed by atoms with Crippen LogP contribution in [0.4, 0.5) is 4.79 Å². The van der Waals surface area contributed by atoms with Crippen LogP contribution in [0.2, 0.25) is 0 Å². The number of benzene rings is 2. The maximum atomic E-state index is 12.1. The molecule has 0 fully saturated rings. The van der Waals surface area contributed by atoms with E-state index < -0.39 is 0 Å². The molecule has 3 rings (SSSR count). The van der Waals surface area contributed by atoms with Gasteiger partial charge in [-0.15, -0.1) is 0 Å². The highest BCUT2D eigenvalue weighted by atomic mass is 16.3. The van der Waals surface area contributed by atoms with E-state index in [1.165, 1.54) is 0 Å². The smallest absolute Gasteiger partial charge is 0.315 e. The van der Waals surface area contributed by atoms with Crippen LogP contribution in [-0.2, 0) is 6.54 Å². The summed E-state index contributed by atoms with van der Waals surface area (Å²) in [5.74, 6) is 0.540. The fourth-order valence-electron chi connectivity index (χ4n) is 2.68. The fourth-order valence-corrected chi connectivity index (χ4v) is 2.68. The predicted molar refractivity (Wildman–Crippen MR) is 99.8 cm³/mol. The van der Waals surface area contributed by atoms with Crippen molar-refractivity contribution in [2.75, 3.05) is 7.05 Å². The molecule has 0 bridgehead atoms. The third-order valence-corrected chi connectivity index (χ3v) is 4.09. The Morgan fingerprint density at radius 1 is 1.08 bits per heavy atom. The first-order chi connectivity index (χ1) is 12.6. The predicted octanol–water partition coefficient (Wildman–Crippen LogP) is 3.35. The molecule has 6 nitrogen and oxygen atoms in total. The van der Waals surface area contributed by atoms with Gasteiger partial charge >= 0.3 is 6.03 Å². The lowest BCUT2D eigenvalue weighted by Gasteiger charge is -2.13. The lowest BCUT2D eigenvalue weighted by molar-refractivity contribution is 0.0963. The van der Waals surface area contributed by atoms with Crippen molar-refractivity contribution in [3.8, 4) is 0 Å². The SMILES string of the molecule is CNC(=O)c1cccc(CNC(=O)NC(C)c2cc3ccccc3o2)c1. The quantitative estimate of drug-likeness (QED) is 0.659. The van der Waals surface area contributed by atoms with Gasteiger partial charge in [0.15, 0.2) is 0 Å².